The summed E-state index contributed by atoms with van der Waals surface area (Å²) in [6.07, 6.45) is -1.79. The number of carbonyl (C=O) groups excluding carboxylic acids is 1. The first-order chi connectivity index (χ1) is 9.38. The number of anilines is 1. The van der Waals surface area contributed by atoms with Gasteiger partial charge in [0.05, 0.1) is 17.2 Å². The van der Waals surface area contributed by atoms with E-state index in [9.17, 15) is 18.0 Å². The van der Waals surface area contributed by atoms with E-state index in [0.717, 1.165) is 25.0 Å². The predicted octanol–water partition coefficient (Wildman–Crippen LogP) is 4.10. The van der Waals surface area contributed by atoms with Crippen LogP contribution in [0.4, 0.5) is 18.9 Å². The summed E-state index contributed by atoms with van der Waals surface area (Å²) < 4.78 is 38.2. The Morgan fingerprint density at radius 2 is 2.05 bits per heavy atom. The number of benzene rings is 1. The molecule has 1 aromatic carbocycles. The monoisotopic (exact) mass is 284 g/mol. The average molecular weight is 284 g/mol. The number of hydrogen-bond acceptors (Lipinski definition) is 2. The third-order valence-electron chi connectivity index (χ3n) is 2.74. The van der Waals surface area contributed by atoms with Crippen LogP contribution in [-0.2, 0) is 11.0 Å². The molecule has 1 rings (SSSR count). The highest BCUT2D eigenvalue weighted by Gasteiger charge is 2.33. The minimum atomic E-state index is -4.62. The second kappa shape index (κ2) is 6.94. The highest BCUT2D eigenvalue weighted by molar-refractivity contribution is 5.90. The molecule has 0 radical (unpaired) electrons. The summed E-state index contributed by atoms with van der Waals surface area (Å²) >= 11 is 0. The van der Waals surface area contributed by atoms with Gasteiger partial charge in [-0.05, 0) is 24.6 Å². The number of alkyl halides is 3. The van der Waals surface area contributed by atoms with Gasteiger partial charge < -0.3 is 5.32 Å². The fraction of sp³-hybridized carbons (Fsp3) is 0.429. The number of halogens is 3. The summed E-state index contributed by atoms with van der Waals surface area (Å²) in [5, 5.41) is 11.1. The molecular weight excluding hydrogens is 269 g/mol. The van der Waals surface area contributed by atoms with Crippen molar-refractivity contribution in [2.75, 3.05) is 5.32 Å². The summed E-state index contributed by atoms with van der Waals surface area (Å²) in [4.78, 5) is 11.5. The zero-order valence-corrected chi connectivity index (χ0v) is 11.0. The fourth-order valence-corrected chi connectivity index (χ4v) is 1.71. The molecule has 0 aliphatic heterocycles. The lowest BCUT2D eigenvalue weighted by Gasteiger charge is -2.11. The highest BCUT2D eigenvalue weighted by atomic mass is 19.4. The van der Waals surface area contributed by atoms with Gasteiger partial charge in [0.1, 0.15) is 0 Å². The second-order valence-corrected chi connectivity index (χ2v) is 4.38. The maximum absolute atomic E-state index is 12.7. The van der Waals surface area contributed by atoms with E-state index in [0.29, 0.717) is 6.42 Å². The van der Waals surface area contributed by atoms with Crippen molar-refractivity contribution < 1.29 is 18.0 Å². The molecule has 0 saturated carbocycles. The number of hydrogen-bond donors (Lipinski definition) is 1. The van der Waals surface area contributed by atoms with Crippen LogP contribution in [0, 0.1) is 11.3 Å². The zero-order chi connectivity index (χ0) is 15.2. The molecule has 0 aliphatic carbocycles. The lowest BCUT2D eigenvalue weighted by molar-refractivity contribution is -0.137. The van der Waals surface area contributed by atoms with E-state index >= 15 is 0 Å². The smallest absolute Gasteiger partial charge is 0.326 e. The first kappa shape index (κ1) is 16.0. The molecule has 1 amide bonds. The summed E-state index contributed by atoms with van der Waals surface area (Å²) in [5.41, 5.74) is -1.44. The van der Waals surface area contributed by atoms with Gasteiger partial charge in [-0.2, -0.15) is 18.4 Å². The molecule has 0 heterocycles. The molecule has 0 unspecified atom stereocenters. The van der Waals surface area contributed by atoms with Gasteiger partial charge in [0, 0.05) is 12.1 Å². The Bertz CT molecular complexity index is 518. The van der Waals surface area contributed by atoms with Gasteiger partial charge in [-0.15, -0.1) is 0 Å². The van der Waals surface area contributed by atoms with Gasteiger partial charge >= 0.3 is 6.18 Å². The molecule has 3 nitrogen and oxygen atoms in total. The van der Waals surface area contributed by atoms with Crippen molar-refractivity contribution in [2.45, 2.75) is 38.8 Å². The normalized spacial score (nSPS) is 10.9. The molecule has 0 aromatic heterocycles. The van der Waals surface area contributed by atoms with Crippen LogP contribution in [0.5, 0.6) is 0 Å². The number of nitrogens with one attached hydrogen (secondary N) is 1. The molecule has 1 N–H and O–H groups in total. The Hall–Kier alpha value is -2.03. The molecule has 0 saturated heterocycles. The van der Waals surface area contributed by atoms with Gasteiger partial charge in [-0.3, -0.25) is 4.79 Å². The Morgan fingerprint density at radius 1 is 1.35 bits per heavy atom. The van der Waals surface area contributed by atoms with Gasteiger partial charge in [-0.25, -0.2) is 0 Å². The van der Waals surface area contributed by atoms with Crippen molar-refractivity contribution >= 4 is 11.6 Å². The number of rotatable bonds is 5. The topological polar surface area (TPSA) is 52.9 Å². The van der Waals surface area contributed by atoms with E-state index < -0.39 is 17.3 Å². The standard InChI is InChI=1S/C14H15F3N2O/c1-2-3-4-5-13(20)19-11-7-6-10(9-18)12(8-11)14(15,16)17/h6-8H,2-5H2,1H3,(H,19,20). The molecule has 0 spiro atoms. The first-order valence-electron chi connectivity index (χ1n) is 6.29. The summed E-state index contributed by atoms with van der Waals surface area (Å²) in [6.45, 7) is 1.99. The van der Waals surface area contributed by atoms with E-state index in [1.165, 1.54) is 12.1 Å². The largest absolute Gasteiger partial charge is 0.417 e. The van der Waals surface area contributed by atoms with Crippen LogP contribution in [0.2, 0.25) is 0 Å². The maximum atomic E-state index is 12.7. The Balaban J connectivity index is 2.83. The van der Waals surface area contributed by atoms with Gasteiger partial charge in [0.2, 0.25) is 5.91 Å². The number of unbranched alkanes of at least 4 members (excludes halogenated alkanes) is 2. The Labute approximate surface area is 115 Å². The average Bonchev–Trinajstić information content (AvgIpc) is 2.38. The van der Waals surface area contributed by atoms with Crippen LogP contribution in [-0.4, -0.2) is 5.91 Å². The van der Waals surface area contributed by atoms with Crippen LogP contribution in [0.25, 0.3) is 0 Å². The predicted molar refractivity (Wildman–Crippen MR) is 68.9 cm³/mol. The minimum absolute atomic E-state index is 0.0535. The van der Waals surface area contributed by atoms with Gasteiger partial charge in [-0.1, -0.05) is 19.8 Å². The molecule has 0 bridgehead atoms. The van der Waals surface area contributed by atoms with Crippen LogP contribution >= 0.6 is 0 Å². The number of amides is 1. The van der Waals surface area contributed by atoms with Crippen molar-refractivity contribution in [1.82, 2.24) is 0 Å². The minimum Gasteiger partial charge on any atom is -0.326 e. The molecular formula is C14H15F3N2O. The highest BCUT2D eigenvalue weighted by Crippen LogP contribution is 2.33. The van der Waals surface area contributed by atoms with E-state index in [-0.39, 0.29) is 18.0 Å². The summed E-state index contributed by atoms with van der Waals surface area (Å²) in [7, 11) is 0. The second-order valence-electron chi connectivity index (χ2n) is 4.38. The van der Waals surface area contributed by atoms with Crippen molar-refractivity contribution in [3.8, 4) is 6.07 Å². The SMILES string of the molecule is CCCCCC(=O)Nc1ccc(C#N)c(C(F)(F)F)c1. The van der Waals surface area contributed by atoms with Crippen molar-refractivity contribution in [1.29, 1.82) is 5.26 Å². The Kier molecular flexibility index (Phi) is 5.56. The Morgan fingerprint density at radius 3 is 2.60 bits per heavy atom. The lowest BCUT2D eigenvalue weighted by atomic mass is 10.1. The molecule has 0 atom stereocenters. The third kappa shape index (κ3) is 4.57. The summed E-state index contributed by atoms with van der Waals surface area (Å²) in [5.74, 6) is -0.323. The molecule has 6 heteroatoms. The maximum Gasteiger partial charge on any atom is 0.417 e. The molecule has 0 aliphatic rings. The number of carbonyl (C=O) groups is 1. The van der Waals surface area contributed by atoms with Crippen LogP contribution in [0.3, 0.4) is 0 Å². The summed E-state index contributed by atoms with van der Waals surface area (Å²) in [6, 6.07) is 4.64. The molecule has 20 heavy (non-hydrogen) atoms. The van der Waals surface area contributed by atoms with E-state index in [1.807, 2.05) is 6.92 Å². The molecule has 1 aromatic rings. The van der Waals surface area contributed by atoms with Crippen LogP contribution in [0.15, 0.2) is 18.2 Å². The van der Waals surface area contributed by atoms with Gasteiger partial charge in [0.15, 0.2) is 0 Å². The third-order valence-corrected chi connectivity index (χ3v) is 2.74. The van der Waals surface area contributed by atoms with E-state index in [1.54, 1.807) is 0 Å². The van der Waals surface area contributed by atoms with Gasteiger partial charge in [0.25, 0.3) is 0 Å². The van der Waals surface area contributed by atoms with E-state index in [4.69, 9.17) is 5.26 Å². The quantitative estimate of drug-likeness (QED) is 0.828. The van der Waals surface area contributed by atoms with Crippen molar-refractivity contribution in [3.63, 3.8) is 0 Å². The van der Waals surface area contributed by atoms with Crippen LogP contribution < -0.4 is 5.32 Å². The van der Waals surface area contributed by atoms with Crippen molar-refractivity contribution in [3.05, 3.63) is 29.3 Å². The first-order valence-corrected chi connectivity index (χ1v) is 6.29. The number of nitrogens with zero attached hydrogens (tertiary/aromatic N) is 1. The van der Waals surface area contributed by atoms with Crippen molar-refractivity contribution in [2.24, 2.45) is 0 Å². The number of nitriles is 1. The molecule has 0 fully saturated rings. The zero-order valence-electron chi connectivity index (χ0n) is 11.0. The van der Waals surface area contributed by atoms with Crippen LogP contribution in [0.1, 0.15) is 43.7 Å². The van der Waals surface area contributed by atoms with E-state index in [2.05, 4.69) is 5.32 Å². The molecule has 108 valence electrons. The fourth-order valence-electron chi connectivity index (χ4n) is 1.71. The lowest BCUT2D eigenvalue weighted by Crippen LogP contribution is -2.13.